The van der Waals surface area contributed by atoms with Crippen molar-refractivity contribution in [3.8, 4) is 11.5 Å². The smallest absolute Gasteiger partial charge is 0.241 e. The molecule has 0 aliphatic heterocycles. The number of amides is 1. The molecule has 7 nitrogen and oxygen atoms in total. The van der Waals surface area contributed by atoms with Crippen LogP contribution in [0, 0.1) is 0 Å². The highest BCUT2D eigenvalue weighted by Gasteiger charge is 2.21. The lowest BCUT2D eigenvalue weighted by atomic mass is 10.1. The fourth-order valence-electron chi connectivity index (χ4n) is 2.68. The van der Waals surface area contributed by atoms with Gasteiger partial charge in [-0.25, -0.2) is 8.42 Å². The summed E-state index contributed by atoms with van der Waals surface area (Å²) < 4.78 is 36.2. The van der Waals surface area contributed by atoms with Crippen molar-refractivity contribution in [2.24, 2.45) is 0 Å². The van der Waals surface area contributed by atoms with Gasteiger partial charge < -0.3 is 14.8 Å². The topological polar surface area (TPSA) is 84.9 Å². The van der Waals surface area contributed by atoms with E-state index in [4.69, 9.17) is 9.47 Å². The summed E-state index contributed by atoms with van der Waals surface area (Å²) in [6, 6.07) is 14.0. The van der Waals surface area contributed by atoms with Crippen molar-refractivity contribution in [3.05, 3.63) is 54.1 Å². The highest BCUT2D eigenvalue weighted by atomic mass is 32.2. The molecule has 0 saturated heterocycles. The Kier molecular flexibility index (Phi) is 7.90. The van der Waals surface area contributed by atoms with Crippen LogP contribution in [0.5, 0.6) is 11.5 Å². The van der Waals surface area contributed by atoms with E-state index < -0.39 is 15.9 Å². The SMILES string of the molecule is CCc1ccc(N(CC(=O)N[C@@H](C)COc2ccc(OC)cc2)S(C)(=O)=O)cc1. The van der Waals surface area contributed by atoms with Crippen LogP contribution in [0.1, 0.15) is 19.4 Å². The van der Waals surface area contributed by atoms with Crippen LogP contribution < -0.4 is 19.1 Å². The number of anilines is 1. The van der Waals surface area contributed by atoms with Crippen molar-refractivity contribution in [1.29, 1.82) is 0 Å². The lowest BCUT2D eigenvalue weighted by Crippen LogP contribution is -2.44. The molecule has 8 heteroatoms. The number of rotatable bonds is 10. The first kappa shape index (κ1) is 22.5. The van der Waals surface area contributed by atoms with Crippen molar-refractivity contribution < 1.29 is 22.7 Å². The average molecular weight is 421 g/mol. The average Bonchev–Trinajstić information content (AvgIpc) is 2.70. The van der Waals surface area contributed by atoms with Gasteiger partial charge in [-0.15, -0.1) is 0 Å². The molecule has 2 aromatic rings. The van der Waals surface area contributed by atoms with Crippen LogP contribution in [0.25, 0.3) is 0 Å². The summed E-state index contributed by atoms with van der Waals surface area (Å²) in [6.45, 7) is 3.77. The van der Waals surface area contributed by atoms with Crippen molar-refractivity contribution in [1.82, 2.24) is 5.32 Å². The normalized spacial score (nSPS) is 12.1. The first-order chi connectivity index (χ1) is 13.7. The van der Waals surface area contributed by atoms with Crippen LogP contribution in [-0.2, 0) is 21.2 Å². The van der Waals surface area contributed by atoms with Gasteiger partial charge in [-0.2, -0.15) is 0 Å². The number of hydrogen-bond donors (Lipinski definition) is 1. The molecule has 0 aliphatic carbocycles. The highest BCUT2D eigenvalue weighted by molar-refractivity contribution is 7.92. The first-order valence-electron chi connectivity index (χ1n) is 9.35. The number of hydrogen-bond acceptors (Lipinski definition) is 5. The lowest BCUT2D eigenvalue weighted by Gasteiger charge is -2.23. The molecule has 0 aliphatic rings. The molecule has 1 amide bonds. The van der Waals surface area contributed by atoms with E-state index in [1.54, 1.807) is 50.4 Å². The predicted molar refractivity (Wildman–Crippen MR) is 114 cm³/mol. The summed E-state index contributed by atoms with van der Waals surface area (Å²) in [6.07, 6.45) is 1.94. The minimum Gasteiger partial charge on any atom is -0.497 e. The first-order valence-corrected chi connectivity index (χ1v) is 11.2. The van der Waals surface area contributed by atoms with Gasteiger partial charge in [0.15, 0.2) is 0 Å². The zero-order valence-electron chi connectivity index (χ0n) is 17.2. The van der Waals surface area contributed by atoms with Gasteiger partial charge in [0, 0.05) is 0 Å². The van der Waals surface area contributed by atoms with Crippen LogP contribution >= 0.6 is 0 Å². The molecule has 0 heterocycles. The third kappa shape index (κ3) is 6.98. The molecule has 29 heavy (non-hydrogen) atoms. The Morgan fingerprint density at radius 1 is 1.07 bits per heavy atom. The second kappa shape index (κ2) is 10.2. The Balaban J connectivity index is 1.94. The number of sulfonamides is 1. The molecule has 1 N–H and O–H groups in total. The van der Waals surface area contributed by atoms with Gasteiger partial charge in [0.1, 0.15) is 24.7 Å². The minimum atomic E-state index is -3.60. The Hall–Kier alpha value is -2.74. The molecule has 0 radical (unpaired) electrons. The maximum absolute atomic E-state index is 12.4. The third-order valence-electron chi connectivity index (χ3n) is 4.29. The van der Waals surface area contributed by atoms with E-state index in [0.29, 0.717) is 11.4 Å². The van der Waals surface area contributed by atoms with Crippen LogP contribution in [0.3, 0.4) is 0 Å². The molecule has 0 bridgehead atoms. The van der Waals surface area contributed by atoms with Crippen molar-refractivity contribution in [2.75, 3.05) is 30.8 Å². The molecule has 0 fully saturated rings. The van der Waals surface area contributed by atoms with Crippen molar-refractivity contribution >= 4 is 21.6 Å². The summed E-state index contributed by atoms with van der Waals surface area (Å²) in [5, 5.41) is 2.77. The lowest BCUT2D eigenvalue weighted by molar-refractivity contribution is -0.120. The Labute approximate surface area is 172 Å². The van der Waals surface area contributed by atoms with Crippen LogP contribution in [0.2, 0.25) is 0 Å². The van der Waals surface area contributed by atoms with E-state index in [1.807, 2.05) is 19.1 Å². The van der Waals surface area contributed by atoms with E-state index in [9.17, 15) is 13.2 Å². The molecule has 0 unspecified atom stereocenters. The molecular formula is C21H28N2O5S. The fourth-order valence-corrected chi connectivity index (χ4v) is 3.54. The number of aryl methyl sites for hydroxylation is 1. The molecular weight excluding hydrogens is 392 g/mol. The number of nitrogens with one attached hydrogen (secondary N) is 1. The highest BCUT2D eigenvalue weighted by Crippen LogP contribution is 2.19. The summed E-state index contributed by atoms with van der Waals surface area (Å²) in [5.41, 5.74) is 1.55. The molecule has 0 saturated carbocycles. The number of benzene rings is 2. The Morgan fingerprint density at radius 3 is 2.17 bits per heavy atom. The molecule has 2 aromatic carbocycles. The Morgan fingerprint density at radius 2 is 1.66 bits per heavy atom. The second-order valence-electron chi connectivity index (χ2n) is 6.74. The van der Waals surface area contributed by atoms with Crippen LogP contribution in [-0.4, -0.2) is 46.9 Å². The van der Waals surface area contributed by atoms with E-state index in [0.717, 1.165) is 28.3 Å². The van der Waals surface area contributed by atoms with Gasteiger partial charge in [0.2, 0.25) is 15.9 Å². The van der Waals surface area contributed by atoms with Gasteiger partial charge in [-0.05, 0) is 55.3 Å². The summed E-state index contributed by atoms with van der Waals surface area (Å²) in [5.74, 6) is 0.980. The zero-order valence-corrected chi connectivity index (χ0v) is 18.0. The molecule has 2 rings (SSSR count). The number of nitrogens with zero attached hydrogens (tertiary/aromatic N) is 1. The quantitative estimate of drug-likeness (QED) is 0.639. The fraction of sp³-hybridized carbons (Fsp3) is 0.381. The number of ether oxygens (including phenoxy) is 2. The van der Waals surface area contributed by atoms with E-state index in [1.165, 1.54) is 0 Å². The van der Waals surface area contributed by atoms with Gasteiger partial charge in [0.05, 0.1) is 25.1 Å². The van der Waals surface area contributed by atoms with Crippen molar-refractivity contribution in [2.45, 2.75) is 26.3 Å². The summed E-state index contributed by atoms with van der Waals surface area (Å²) in [7, 11) is -2.01. The van der Waals surface area contributed by atoms with Gasteiger partial charge >= 0.3 is 0 Å². The zero-order chi connectivity index (χ0) is 21.4. The maximum atomic E-state index is 12.4. The van der Waals surface area contributed by atoms with Crippen LogP contribution in [0.15, 0.2) is 48.5 Å². The summed E-state index contributed by atoms with van der Waals surface area (Å²) in [4.78, 5) is 12.4. The van der Waals surface area contributed by atoms with Crippen molar-refractivity contribution in [3.63, 3.8) is 0 Å². The van der Waals surface area contributed by atoms with Gasteiger partial charge in [0.25, 0.3) is 0 Å². The maximum Gasteiger partial charge on any atom is 0.241 e. The standard InChI is InChI=1S/C21H28N2O5S/c1-5-17-6-8-18(9-7-17)23(29(4,25)26)14-21(24)22-16(2)15-28-20-12-10-19(27-3)11-13-20/h6-13,16H,5,14-15H2,1-4H3,(H,22,24)/t16-/m0/s1. The van der Waals surface area contributed by atoms with E-state index >= 15 is 0 Å². The largest absolute Gasteiger partial charge is 0.497 e. The molecule has 0 spiro atoms. The Bertz CT molecular complexity index is 896. The number of carbonyl (C=O) groups is 1. The van der Waals surface area contributed by atoms with Gasteiger partial charge in [-0.1, -0.05) is 19.1 Å². The summed E-state index contributed by atoms with van der Waals surface area (Å²) >= 11 is 0. The number of carbonyl (C=O) groups excluding carboxylic acids is 1. The predicted octanol–water partition coefficient (Wildman–Crippen LogP) is 2.61. The number of methoxy groups -OCH3 is 1. The third-order valence-corrected chi connectivity index (χ3v) is 5.43. The van der Waals surface area contributed by atoms with E-state index in [-0.39, 0.29) is 19.2 Å². The van der Waals surface area contributed by atoms with Crippen LogP contribution in [0.4, 0.5) is 5.69 Å². The van der Waals surface area contributed by atoms with Gasteiger partial charge in [-0.3, -0.25) is 9.10 Å². The second-order valence-corrected chi connectivity index (χ2v) is 8.65. The van der Waals surface area contributed by atoms with E-state index in [2.05, 4.69) is 5.32 Å². The molecule has 158 valence electrons. The minimum absolute atomic E-state index is 0.252. The monoisotopic (exact) mass is 420 g/mol. The molecule has 0 aromatic heterocycles. The molecule has 1 atom stereocenters.